The number of hydrogen-bond donors (Lipinski definition) is 1. The molecular weight excluding hydrogens is 344 g/mol. The van der Waals surface area contributed by atoms with Gasteiger partial charge in [-0.25, -0.2) is 12.7 Å². The minimum absolute atomic E-state index is 0.209. The van der Waals surface area contributed by atoms with Gasteiger partial charge in [-0.05, 0) is 34.7 Å². The minimum Gasteiger partial charge on any atom is -0.452 e. The third-order valence-corrected chi connectivity index (χ3v) is 5.97. The summed E-state index contributed by atoms with van der Waals surface area (Å²) in [6, 6.07) is 1.91. The molecule has 0 saturated heterocycles. The summed E-state index contributed by atoms with van der Waals surface area (Å²) in [7, 11) is -1.85. The van der Waals surface area contributed by atoms with Gasteiger partial charge in [0.2, 0.25) is 10.0 Å². The molecule has 0 atom stereocenters. The number of sulfonamides is 1. The quantitative estimate of drug-likeness (QED) is 0.807. The van der Waals surface area contributed by atoms with E-state index in [0.717, 1.165) is 12.8 Å². The summed E-state index contributed by atoms with van der Waals surface area (Å²) < 4.78 is 32.1. The van der Waals surface area contributed by atoms with Crippen molar-refractivity contribution in [1.82, 2.24) is 9.62 Å². The minimum atomic E-state index is -3.48. The molecular formula is C13H21BrN2O3S. The molecule has 1 aliphatic carbocycles. The van der Waals surface area contributed by atoms with Crippen LogP contribution in [0.2, 0.25) is 0 Å². The first-order valence-electron chi connectivity index (χ1n) is 6.78. The molecule has 0 aliphatic heterocycles. The van der Waals surface area contributed by atoms with Crippen molar-refractivity contribution >= 4 is 26.0 Å². The zero-order valence-corrected chi connectivity index (χ0v) is 14.4. The molecule has 1 heterocycles. The molecule has 1 fully saturated rings. The Balaban J connectivity index is 2.13. The van der Waals surface area contributed by atoms with E-state index < -0.39 is 10.0 Å². The summed E-state index contributed by atoms with van der Waals surface area (Å²) in [6.07, 6.45) is 2.24. The molecule has 1 N–H and O–H groups in total. The van der Waals surface area contributed by atoms with Crippen LogP contribution >= 0.6 is 15.9 Å². The second kappa shape index (κ2) is 6.17. The molecule has 1 saturated carbocycles. The third-order valence-electron chi connectivity index (χ3n) is 3.29. The highest BCUT2D eigenvalue weighted by Crippen LogP contribution is 2.33. The SMILES string of the molecule is CC(C)NCc1cc(S(=O)(=O)N(C)CC2CC2)c(Br)o1. The largest absolute Gasteiger partial charge is 0.452 e. The van der Waals surface area contributed by atoms with Crippen LogP contribution in [0.4, 0.5) is 0 Å². The molecule has 0 spiro atoms. The Morgan fingerprint density at radius 1 is 1.50 bits per heavy atom. The normalized spacial score (nSPS) is 16.3. The van der Waals surface area contributed by atoms with Crippen LogP contribution in [0, 0.1) is 5.92 Å². The maximum Gasteiger partial charge on any atom is 0.247 e. The number of halogens is 1. The zero-order valence-electron chi connectivity index (χ0n) is 12.0. The van der Waals surface area contributed by atoms with Crippen LogP contribution in [-0.2, 0) is 16.6 Å². The number of nitrogens with zero attached hydrogens (tertiary/aromatic N) is 1. The second-order valence-corrected chi connectivity index (χ2v) is 8.35. The molecule has 0 amide bonds. The highest BCUT2D eigenvalue weighted by Gasteiger charge is 2.31. The van der Waals surface area contributed by atoms with E-state index in [9.17, 15) is 8.42 Å². The van der Waals surface area contributed by atoms with E-state index in [1.54, 1.807) is 13.1 Å². The smallest absolute Gasteiger partial charge is 0.247 e. The monoisotopic (exact) mass is 364 g/mol. The Morgan fingerprint density at radius 3 is 2.70 bits per heavy atom. The van der Waals surface area contributed by atoms with E-state index in [1.165, 1.54) is 4.31 Å². The van der Waals surface area contributed by atoms with Gasteiger partial charge in [-0.2, -0.15) is 0 Å². The number of nitrogens with one attached hydrogen (secondary N) is 1. The number of rotatable bonds is 7. The van der Waals surface area contributed by atoms with Crippen LogP contribution in [0.5, 0.6) is 0 Å². The number of furan rings is 1. The topological polar surface area (TPSA) is 62.6 Å². The lowest BCUT2D eigenvalue weighted by atomic mass is 10.3. The van der Waals surface area contributed by atoms with Crippen molar-refractivity contribution in [3.8, 4) is 0 Å². The third kappa shape index (κ3) is 3.84. The van der Waals surface area contributed by atoms with Gasteiger partial charge in [-0.1, -0.05) is 13.8 Å². The van der Waals surface area contributed by atoms with Crippen LogP contribution in [0.3, 0.4) is 0 Å². The van der Waals surface area contributed by atoms with Crippen molar-refractivity contribution in [2.75, 3.05) is 13.6 Å². The van der Waals surface area contributed by atoms with Crippen molar-refractivity contribution in [3.05, 3.63) is 16.5 Å². The van der Waals surface area contributed by atoms with E-state index in [4.69, 9.17) is 4.42 Å². The fraction of sp³-hybridized carbons (Fsp3) is 0.692. The molecule has 1 aliphatic rings. The summed E-state index contributed by atoms with van der Waals surface area (Å²) in [4.78, 5) is 0.209. The predicted molar refractivity (Wildman–Crippen MR) is 80.9 cm³/mol. The van der Waals surface area contributed by atoms with Gasteiger partial charge in [-0.15, -0.1) is 0 Å². The lowest BCUT2D eigenvalue weighted by Crippen LogP contribution is -2.28. The highest BCUT2D eigenvalue weighted by molar-refractivity contribution is 9.10. The highest BCUT2D eigenvalue weighted by atomic mass is 79.9. The number of hydrogen-bond acceptors (Lipinski definition) is 4. The molecule has 0 unspecified atom stereocenters. The van der Waals surface area contributed by atoms with Crippen LogP contribution in [-0.4, -0.2) is 32.4 Å². The summed E-state index contributed by atoms with van der Waals surface area (Å²) in [6.45, 7) is 5.15. The summed E-state index contributed by atoms with van der Waals surface area (Å²) >= 11 is 3.21. The maximum absolute atomic E-state index is 12.5. The van der Waals surface area contributed by atoms with Crippen molar-refractivity contribution in [3.63, 3.8) is 0 Å². The standard InChI is InChI=1S/C13H21BrN2O3S/c1-9(2)15-7-11-6-12(13(14)19-11)20(17,18)16(3)8-10-4-5-10/h6,9-10,15H,4-5,7-8H2,1-3H3. The molecule has 0 aromatic carbocycles. The molecule has 20 heavy (non-hydrogen) atoms. The summed E-state index contributed by atoms with van der Waals surface area (Å²) in [5, 5.41) is 3.20. The zero-order chi connectivity index (χ0) is 14.9. The van der Waals surface area contributed by atoms with E-state index in [2.05, 4.69) is 21.2 Å². The van der Waals surface area contributed by atoms with Crippen molar-refractivity contribution < 1.29 is 12.8 Å². The van der Waals surface area contributed by atoms with Crippen molar-refractivity contribution in [2.45, 2.75) is 44.2 Å². The van der Waals surface area contributed by atoms with E-state index in [-0.39, 0.29) is 9.56 Å². The van der Waals surface area contributed by atoms with Crippen LogP contribution < -0.4 is 5.32 Å². The molecule has 0 radical (unpaired) electrons. The first-order chi connectivity index (χ1) is 9.30. The van der Waals surface area contributed by atoms with Gasteiger partial charge in [0.15, 0.2) is 4.67 Å². The first-order valence-corrected chi connectivity index (χ1v) is 9.02. The van der Waals surface area contributed by atoms with Crippen LogP contribution in [0.25, 0.3) is 0 Å². The lowest BCUT2D eigenvalue weighted by Gasteiger charge is -2.15. The van der Waals surface area contributed by atoms with Crippen LogP contribution in [0.1, 0.15) is 32.4 Å². The van der Waals surface area contributed by atoms with Gasteiger partial charge < -0.3 is 9.73 Å². The van der Waals surface area contributed by atoms with E-state index in [1.807, 2.05) is 13.8 Å². The van der Waals surface area contributed by atoms with E-state index in [0.29, 0.717) is 30.8 Å². The van der Waals surface area contributed by atoms with Gasteiger partial charge in [0.25, 0.3) is 0 Å². The van der Waals surface area contributed by atoms with Gasteiger partial charge in [0, 0.05) is 25.7 Å². The molecule has 5 nitrogen and oxygen atoms in total. The Morgan fingerprint density at radius 2 is 2.15 bits per heavy atom. The van der Waals surface area contributed by atoms with Gasteiger partial charge >= 0.3 is 0 Å². The Bertz CT molecular complexity index is 564. The van der Waals surface area contributed by atoms with Gasteiger partial charge in [-0.3, -0.25) is 0 Å². The Hall–Kier alpha value is -0.370. The van der Waals surface area contributed by atoms with Crippen LogP contribution in [0.15, 0.2) is 20.0 Å². The predicted octanol–water partition coefficient (Wildman–Crippen LogP) is 2.57. The Labute approximate surface area is 128 Å². The lowest BCUT2D eigenvalue weighted by molar-refractivity contribution is 0.438. The summed E-state index contributed by atoms with van der Waals surface area (Å²) in [5.41, 5.74) is 0. The Kier molecular flexibility index (Phi) is 4.94. The van der Waals surface area contributed by atoms with Gasteiger partial charge in [0.1, 0.15) is 10.7 Å². The second-order valence-electron chi connectivity index (χ2n) is 5.62. The molecule has 114 valence electrons. The molecule has 2 rings (SSSR count). The molecule has 7 heteroatoms. The maximum atomic E-state index is 12.5. The molecule has 1 aromatic rings. The van der Waals surface area contributed by atoms with Gasteiger partial charge in [0.05, 0.1) is 6.54 Å². The van der Waals surface area contributed by atoms with E-state index >= 15 is 0 Å². The van der Waals surface area contributed by atoms with Crippen molar-refractivity contribution in [1.29, 1.82) is 0 Å². The fourth-order valence-electron chi connectivity index (χ4n) is 1.90. The average molecular weight is 365 g/mol. The molecule has 1 aromatic heterocycles. The molecule has 0 bridgehead atoms. The summed E-state index contributed by atoms with van der Waals surface area (Å²) in [5.74, 6) is 1.13. The first kappa shape index (κ1) is 16.0. The fourth-order valence-corrected chi connectivity index (χ4v) is 4.10. The average Bonchev–Trinajstić information content (AvgIpc) is 3.07. The van der Waals surface area contributed by atoms with Crippen molar-refractivity contribution in [2.24, 2.45) is 5.92 Å².